The van der Waals surface area contributed by atoms with Gasteiger partial charge < -0.3 is 14.8 Å². The Kier molecular flexibility index (Phi) is 4.57. The smallest absolute Gasteiger partial charge is 0.217 e. The number of benzene rings is 1. The van der Waals surface area contributed by atoms with Crippen molar-refractivity contribution in [2.45, 2.75) is 44.8 Å². The summed E-state index contributed by atoms with van der Waals surface area (Å²) < 4.78 is 18.8. The molecule has 21 heavy (non-hydrogen) atoms. The third-order valence-electron chi connectivity index (χ3n) is 3.60. The van der Waals surface area contributed by atoms with Crippen molar-refractivity contribution in [2.75, 3.05) is 7.11 Å². The van der Waals surface area contributed by atoms with E-state index < -0.39 is 0 Å². The monoisotopic (exact) mass is 289 g/mol. The topological polar surface area (TPSA) is 71.3 Å². The molecule has 1 aromatic rings. The lowest BCUT2D eigenvalue weighted by atomic mass is 9.93. The van der Waals surface area contributed by atoms with Gasteiger partial charge in [0.2, 0.25) is 5.91 Å². The minimum atomic E-state index is -0.221. The summed E-state index contributed by atoms with van der Waals surface area (Å²) in [6.45, 7) is 1.42. The van der Waals surface area contributed by atoms with Crippen LogP contribution in [0.4, 0.5) is 0 Å². The zero-order chi connectivity index (χ0) is 16.1. The van der Waals surface area contributed by atoms with Gasteiger partial charge in [0, 0.05) is 19.0 Å². The minimum Gasteiger partial charge on any atom is -0.495 e. The summed E-state index contributed by atoms with van der Waals surface area (Å²) in [5, 5.41) is 10.0. The van der Waals surface area contributed by atoms with Crippen LogP contribution in [-0.4, -0.2) is 25.2 Å². The molecule has 0 saturated heterocycles. The summed E-state index contributed by atoms with van der Waals surface area (Å²) in [7, 11) is 1.52. The molecule has 5 nitrogen and oxygen atoms in total. The van der Waals surface area contributed by atoms with Gasteiger partial charge in [-0.2, -0.15) is 5.26 Å². The molecule has 2 rings (SSSR count). The average molecular weight is 289 g/mol. The standard InChI is InChI=1S/C16H20N2O3/c1-11(19)18-13-4-7-14(8-5-13)21-15-6-3-12(10-17)16(9-15)20-2/h3,6,9,13-14H,4-5,7-8H2,1-2H3,(H,18,19)/i/hD. The van der Waals surface area contributed by atoms with Crippen molar-refractivity contribution in [3.63, 3.8) is 0 Å². The van der Waals surface area contributed by atoms with E-state index in [-0.39, 0.29) is 18.1 Å². The van der Waals surface area contributed by atoms with E-state index in [1.54, 1.807) is 18.2 Å². The van der Waals surface area contributed by atoms with Crippen molar-refractivity contribution in [3.8, 4) is 17.6 Å². The Labute approximate surface area is 126 Å². The summed E-state index contributed by atoms with van der Waals surface area (Å²) in [5.74, 6) is 0.956. The Balaban J connectivity index is 1.94. The van der Waals surface area contributed by atoms with Crippen LogP contribution in [0.25, 0.3) is 0 Å². The SMILES string of the molecule is [2H]N(C(C)=O)C1CCC(Oc2ccc(C#N)c(OC)c2)CC1. The van der Waals surface area contributed by atoms with Gasteiger partial charge in [-0.05, 0) is 37.8 Å². The van der Waals surface area contributed by atoms with Gasteiger partial charge in [0.1, 0.15) is 17.6 Å². The summed E-state index contributed by atoms with van der Waals surface area (Å²) >= 11 is 0. The van der Waals surface area contributed by atoms with Gasteiger partial charge in [-0.3, -0.25) is 4.79 Å². The van der Waals surface area contributed by atoms with Crippen molar-refractivity contribution < 1.29 is 15.7 Å². The van der Waals surface area contributed by atoms with Crippen molar-refractivity contribution in [1.82, 2.24) is 5.31 Å². The molecule has 1 N–H and O–H groups in total. The van der Waals surface area contributed by atoms with Crippen molar-refractivity contribution in [2.24, 2.45) is 0 Å². The lowest BCUT2D eigenvalue weighted by Gasteiger charge is -2.29. The number of nitrogens with zero attached hydrogens (tertiary/aromatic N) is 1. The van der Waals surface area contributed by atoms with Crippen molar-refractivity contribution >= 4 is 5.91 Å². The molecular weight excluding hydrogens is 268 g/mol. The van der Waals surface area contributed by atoms with Crippen LogP contribution in [0, 0.1) is 11.3 Å². The highest BCUT2D eigenvalue weighted by molar-refractivity contribution is 5.73. The highest BCUT2D eigenvalue weighted by Gasteiger charge is 2.23. The molecule has 1 amide bonds. The highest BCUT2D eigenvalue weighted by atomic mass is 16.5. The van der Waals surface area contributed by atoms with Crippen LogP contribution >= 0.6 is 0 Å². The summed E-state index contributed by atoms with van der Waals surface area (Å²) in [6.07, 6.45) is 3.20. The maximum atomic E-state index is 11.2. The number of carbonyl (C=O) groups excluding carboxylic acids is 1. The summed E-state index contributed by atoms with van der Waals surface area (Å²) in [4.78, 5) is 11.2. The van der Waals surface area contributed by atoms with Crippen LogP contribution in [-0.2, 0) is 4.79 Å². The van der Waals surface area contributed by atoms with Gasteiger partial charge >= 0.3 is 0 Å². The van der Waals surface area contributed by atoms with E-state index in [9.17, 15) is 4.79 Å². The van der Waals surface area contributed by atoms with E-state index in [0.717, 1.165) is 31.0 Å². The second kappa shape index (κ2) is 6.98. The first-order valence-corrected chi connectivity index (χ1v) is 7.08. The predicted molar refractivity (Wildman–Crippen MR) is 78.2 cm³/mol. The van der Waals surface area contributed by atoms with Crippen LogP contribution in [0.3, 0.4) is 0 Å². The first-order valence-electron chi connectivity index (χ1n) is 7.53. The number of amides is 1. The number of rotatable bonds is 4. The number of hydrogen-bond acceptors (Lipinski definition) is 4. The largest absolute Gasteiger partial charge is 0.495 e. The highest BCUT2D eigenvalue weighted by Crippen LogP contribution is 2.28. The van der Waals surface area contributed by atoms with Gasteiger partial charge in [0.15, 0.2) is 1.41 Å². The second-order valence-electron chi connectivity index (χ2n) is 5.17. The molecule has 0 unspecified atom stereocenters. The lowest BCUT2D eigenvalue weighted by molar-refractivity contribution is -0.120. The molecule has 112 valence electrons. The predicted octanol–water partition coefficient (Wildman–Crippen LogP) is 2.39. The summed E-state index contributed by atoms with van der Waals surface area (Å²) in [6, 6.07) is 7.21. The average Bonchev–Trinajstić information content (AvgIpc) is 2.54. The Morgan fingerprint density at radius 1 is 1.43 bits per heavy atom. The van der Waals surface area contributed by atoms with E-state index >= 15 is 0 Å². The third kappa shape index (κ3) is 4.12. The molecule has 1 fully saturated rings. The molecule has 0 aromatic heterocycles. The summed E-state index contributed by atoms with van der Waals surface area (Å²) in [5.41, 5.74) is 0.477. The number of nitrogens with one attached hydrogen (secondary N) is 1. The lowest BCUT2D eigenvalue weighted by Crippen LogP contribution is -2.38. The molecule has 0 spiro atoms. The minimum absolute atomic E-state index is 0.0205. The molecule has 5 heteroatoms. The number of carbonyl (C=O) groups is 1. The maximum absolute atomic E-state index is 11.2. The van der Waals surface area contributed by atoms with E-state index in [1.165, 1.54) is 14.0 Å². The molecule has 1 aromatic carbocycles. The van der Waals surface area contributed by atoms with Crippen LogP contribution in [0.15, 0.2) is 18.2 Å². The van der Waals surface area contributed by atoms with Crippen LogP contribution in [0.2, 0.25) is 1.41 Å². The van der Waals surface area contributed by atoms with Gasteiger partial charge in [0.05, 0.1) is 18.8 Å². The quantitative estimate of drug-likeness (QED) is 0.924. The fourth-order valence-corrected chi connectivity index (χ4v) is 2.58. The number of nitriles is 1. The Morgan fingerprint density at radius 2 is 2.14 bits per heavy atom. The fourth-order valence-electron chi connectivity index (χ4n) is 2.58. The molecule has 1 aliphatic carbocycles. The van der Waals surface area contributed by atoms with E-state index in [1.807, 2.05) is 0 Å². The van der Waals surface area contributed by atoms with Crippen LogP contribution in [0.5, 0.6) is 11.5 Å². The number of hydrogen-bond donors (Lipinski definition) is 1. The normalized spacial score (nSPS) is 21.9. The van der Waals surface area contributed by atoms with E-state index in [0.29, 0.717) is 17.1 Å². The first-order chi connectivity index (χ1) is 10.5. The van der Waals surface area contributed by atoms with Gasteiger partial charge in [0.25, 0.3) is 0 Å². The van der Waals surface area contributed by atoms with Crippen LogP contribution < -0.4 is 14.8 Å². The zero-order valence-electron chi connectivity index (χ0n) is 13.3. The maximum Gasteiger partial charge on any atom is 0.217 e. The van der Waals surface area contributed by atoms with Gasteiger partial charge in [-0.25, -0.2) is 0 Å². The van der Waals surface area contributed by atoms with E-state index in [4.69, 9.17) is 16.1 Å². The first kappa shape index (κ1) is 13.7. The molecule has 1 aliphatic rings. The third-order valence-corrected chi connectivity index (χ3v) is 3.60. The van der Waals surface area contributed by atoms with Gasteiger partial charge in [-0.1, -0.05) is 0 Å². The van der Waals surface area contributed by atoms with Crippen LogP contribution in [0.1, 0.15) is 38.2 Å². The Morgan fingerprint density at radius 3 is 2.71 bits per heavy atom. The van der Waals surface area contributed by atoms with Gasteiger partial charge in [-0.15, -0.1) is 0 Å². The molecule has 0 radical (unpaired) electrons. The molecule has 1 saturated carbocycles. The molecule has 0 aliphatic heterocycles. The second-order valence-corrected chi connectivity index (χ2v) is 5.17. The number of ether oxygens (including phenoxy) is 2. The number of methoxy groups -OCH3 is 1. The molecule has 0 atom stereocenters. The van der Waals surface area contributed by atoms with E-state index in [2.05, 4.69) is 6.07 Å². The molecular formula is C16H20N2O3. The Bertz CT molecular complexity index is 577. The molecule has 0 heterocycles. The Hall–Kier alpha value is -2.22. The van der Waals surface area contributed by atoms with Crippen molar-refractivity contribution in [1.29, 1.82) is 5.26 Å². The van der Waals surface area contributed by atoms with Crippen molar-refractivity contribution in [3.05, 3.63) is 23.8 Å². The molecule has 0 bridgehead atoms. The zero-order valence-corrected chi connectivity index (χ0v) is 12.3. The fraction of sp³-hybridized carbons (Fsp3) is 0.500.